The summed E-state index contributed by atoms with van der Waals surface area (Å²) in [5.41, 5.74) is 2.49. The zero-order chi connectivity index (χ0) is 20.5. The molecule has 1 amide bonds. The number of carbonyl (C=O) groups is 1. The molecule has 2 aromatic rings. The molecule has 3 rings (SSSR count). The van der Waals surface area contributed by atoms with Crippen LogP contribution in [0.3, 0.4) is 0 Å². The molecule has 1 unspecified atom stereocenters. The number of rotatable bonds is 7. The van der Waals surface area contributed by atoms with Crippen LogP contribution in [0, 0.1) is 6.92 Å². The van der Waals surface area contributed by atoms with Crippen LogP contribution in [0.25, 0.3) is 0 Å². The van der Waals surface area contributed by atoms with E-state index in [4.69, 9.17) is 9.73 Å². The number of nitrogens with one attached hydrogen (secondary N) is 2. The van der Waals surface area contributed by atoms with Crippen LogP contribution in [-0.4, -0.2) is 56.1 Å². The second kappa shape index (κ2) is 12.9. The number of thiophene rings is 1. The fourth-order valence-electron chi connectivity index (χ4n) is 3.36. The van der Waals surface area contributed by atoms with Crippen LogP contribution in [0.2, 0.25) is 0 Å². The van der Waals surface area contributed by atoms with Gasteiger partial charge >= 0.3 is 0 Å². The fraction of sp³-hybridized carbons (Fsp3) is 0.455. The Balaban J connectivity index is 0.00000320. The first-order valence-electron chi connectivity index (χ1n) is 10.2. The minimum absolute atomic E-state index is 0. The van der Waals surface area contributed by atoms with Crippen LogP contribution >= 0.6 is 35.3 Å². The first-order valence-corrected chi connectivity index (χ1v) is 11.1. The number of ether oxygens (including phenoxy) is 1. The Morgan fingerprint density at radius 1 is 1.27 bits per heavy atom. The van der Waals surface area contributed by atoms with Crippen molar-refractivity contribution in [3.05, 3.63) is 57.8 Å². The van der Waals surface area contributed by atoms with Crippen molar-refractivity contribution in [3.63, 3.8) is 0 Å². The third kappa shape index (κ3) is 6.95. The molecule has 1 saturated heterocycles. The molecule has 8 heteroatoms. The topological polar surface area (TPSA) is 66.0 Å². The molecule has 1 aromatic carbocycles. The van der Waals surface area contributed by atoms with E-state index in [9.17, 15) is 4.79 Å². The van der Waals surface area contributed by atoms with E-state index < -0.39 is 0 Å². The standard InChI is InChI=1S/C22H30N4O2S.HI/c1-3-23-22(25-12-7-11-24-21(27)20-10-6-15-29-20)26-13-14-28-19(16-26)18-9-5-4-8-17(18)2;/h4-6,8-10,15,19H,3,7,11-14,16H2,1-2H3,(H,23,25)(H,24,27);1H. The molecule has 6 nitrogen and oxygen atoms in total. The van der Waals surface area contributed by atoms with Crippen LogP contribution in [0.4, 0.5) is 0 Å². The van der Waals surface area contributed by atoms with Crippen LogP contribution in [0.1, 0.15) is 40.2 Å². The van der Waals surface area contributed by atoms with E-state index in [0.717, 1.165) is 36.9 Å². The number of carbonyl (C=O) groups excluding carboxylic acids is 1. The van der Waals surface area contributed by atoms with Crippen LogP contribution < -0.4 is 10.6 Å². The zero-order valence-corrected chi connectivity index (χ0v) is 20.7. The Labute approximate surface area is 200 Å². The van der Waals surface area contributed by atoms with Gasteiger partial charge in [-0.2, -0.15) is 0 Å². The highest BCUT2D eigenvalue weighted by molar-refractivity contribution is 14.0. The third-order valence-electron chi connectivity index (χ3n) is 4.86. The van der Waals surface area contributed by atoms with Gasteiger partial charge in [0.05, 0.1) is 18.0 Å². The number of amides is 1. The maximum Gasteiger partial charge on any atom is 0.261 e. The summed E-state index contributed by atoms with van der Waals surface area (Å²) < 4.78 is 6.04. The van der Waals surface area contributed by atoms with Crippen molar-refractivity contribution in [2.75, 3.05) is 39.3 Å². The Bertz CT molecular complexity index is 813. The molecule has 30 heavy (non-hydrogen) atoms. The molecule has 0 radical (unpaired) electrons. The largest absolute Gasteiger partial charge is 0.370 e. The van der Waals surface area contributed by atoms with Crippen molar-refractivity contribution in [1.29, 1.82) is 0 Å². The Morgan fingerprint density at radius 2 is 2.10 bits per heavy atom. The van der Waals surface area contributed by atoms with Gasteiger partial charge in [-0.3, -0.25) is 9.79 Å². The molecule has 2 N–H and O–H groups in total. The summed E-state index contributed by atoms with van der Waals surface area (Å²) in [6.45, 7) is 8.60. The second-order valence-electron chi connectivity index (χ2n) is 6.98. The van der Waals surface area contributed by atoms with Crippen molar-refractivity contribution < 1.29 is 9.53 Å². The SMILES string of the molecule is CCNC(=NCCCNC(=O)c1cccs1)N1CCOC(c2ccccc2C)C1.I. The van der Waals surface area contributed by atoms with Crippen LogP contribution in [0.15, 0.2) is 46.8 Å². The number of guanidine groups is 1. The molecular formula is C22H31IN4O2S. The van der Waals surface area contributed by atoms with E-state index in [2.05, 4.69) is 53.6 Å². The maximum atomic E-state index is 12.0. The van der Waals surface area contributed by atoms with Gasteiger partial charge in [-0.1, -0.05) is 30.3 Å². The molecule has 1 fully saturated rings. The first-order chi connectivity index (χ1) is 14.2. The first kappa shape index (κ1) is 24.6. The monoisotopic (exact) mass is 542 g/mol. The van der Waals surface area contributed by atoms with Gasteiger partial charge in [-0.25, -0.2) is 0 Å². The van der Waals surface area contributed by atoms with E-state index >= 15 is 0 Å². The molecule has 0 saturated carbocycles. The molecule has 1 atom stereocenters. The van der Waals surface area contributed by atoms with Gasteiger partial charge in [0.2, 0.25) is 0 Å². The number of halogens is 1. The number of aryl methyl sites for hydroxylation is 1. The van der Waals surface area contributed by atoms with Crippen molar-refractivity contribution >= 4 is 47.2 Å². The smallest absolute Gasteiger partial charge is 0.261 e. The van der Waals surface area contributed by atoms with Gasteiger partial charge < -0.3 is 20.3 Å². The minimum Gasteiger partial charge on any atom is -0.370 e. The third-order valence-corrected chi connectivity index (χ3v) is 5.73. The number of morpholine rings is 1. The molecule has 0 aliphatic carbocycles. The number of nitrogens with zero attached hydrogens (tertiary/aromatic N) is 2. The predicted octanol–water partition coefficient (Wildman–Crippen LogP) is 3.83. The van der Waals surface area contributed by atoms with Crippen molar-refractivity contribution in [2.24, 2.45) is 4.99 Å². The number of hydrogen-bond donors (Lipinski definition) is 2. The van der Waals surface area contributed by atoms with Gasteiger partial charge in [-0.15, -0.1) is 35.3 Å². The highest BCUT2D eigenvalue weighted by atomic mass is 127. The second-order valence-corrected chi connectivity index (χ2v) is 7.93. The van der Waals surface area contributed by atoms with Gasteiger partial charge in [0.15, 0.2) is 5.96 Å². The Kier molecular flexibility index (Phi) is 10.6. The van der Waals surface area contributed by atoms with Gasteiger partial charge in [0.25, 0.3) is 5.91 Å². The minimum atomic E-state index is -0.00913. The lowest BCUT2D eigenvalue weighted by Gasteiger charge is -2.35. The van der Waals surface area contributed by atoms with Crippen molar-refractivity contribution in [3.8, 4) is 0 Å². The van der Waals surface area contributed by atoms with Crippen molar-refractivity contribution in [1.82, 2.24) is 15.5 Å². The lowest BCUT2D eigenvalue weighted by atomic mass is 10.0. The normalized spacial score (nSPS) is 16.7. The van der Waals surface area contributed by atoms with E-state index in [1.54, 1.807) is 0 Å². The molecular weight excluding hydrogens is 511 g/mol. The summed E-state index contributed by atoms with van der Waals surface area (Å²) in [7, 11) is 0. The molecule has 1 aliphatic heterocycles. The predicted molar refractivity (Wildman–Crippen MR) is 134 cm³/mol. The maximum absolute atomic E-state index is 12.0. The van der Waals surface area contributed by atoms with Gasteiger partial charge in [0.1, 0.15) is 6.10 Å². The summed E-state index contributed by atoms with van der Waals surface area (Å²) in [5, 5.41) is 8.26. The van der Waals surface area contributed by atoms with E-state index in [-0.39, 0.29) is 36.0 Å². The highest BCUT2D eigenvalue weighted by Crippen LogP contribution is 2.25. The average Bonchev–Trinajstić information content (AvgIpc) is 3.28. The van der Waals surface area contributed by atoms with Crippen LogP contribution in [-0.2, 0) is 4.74 Å². The van der Waals surface area contributed by atoms with E-state index in [1.807, 2.05) is 17.5 Å². The molecule has 0 spiro atoms. The van der Waals surface area contributed by atoms with Gasteiger partial charge in [-0.05, 0) is 42.8 Å². The highest BCUT2D eigenvalue weighted by Gasteiger charge is 2.25. The molecule has 1 aromatic heterocycles. The Hall–Kier alpha value is -1.65. The summed E-state index contributed by atoms with van der Waals surface area (Å²) in [4.78, 5) is 19.8. The molecule has 2 heterocycles. The summed E-state index contributed by atoms with van der Waals surface area (Å²) >= 11 is 1.46. The van der Waals surface area contributed by atoms with Gasteiger partial charge in [0, 0.05) is 26.2 Å². The molecule has 0 bridgehead atoms. The number of hydrogen-bond acceptors (Lipinski definition) is 4. The van der Waals surface area contributed by atoms with Crippen molar-refractivity contribution in [2.45, 2.75) is 26.4 Å². The Morgan fingerprint density at radius 3 is 2.83 bits per heavy atom. The average molecular weight is 542 g/mol. The number of aliphatic imine (C=N–C) groups is 1. The lowest BCUT2D eigenvalue weighted by molar-refractivity contribution is -0.00832. The molecule has 164 valence electrons. The summed E-state index contributed by atoms with van der Waals surface area (Å²) in [6.07, 6.45) is 0.858. The van der Waals surface area contributed by atoms with E-state index in [0.29, 0.717) is 19.7 Å². The lowest BCUT2D eigenvalue weighted by Crippen LogP contribution is -2.48. The summed E-state index contributed by atoms with van der Waals surface area (Å²) in [5.74, 6) is 0.907. The van der Waals surface area contributed by atoms with Crippen LogP contribution in [0.5, 0.6) is 0 Å². The zero-order valence-electron chi connectivity index (χ0n) is 17.6. The summed E-state index contributed by atoms with van der Waals surface area (Å²) in [6, 6.07) is 12.1. The molecule has 1 aliphatic rings. The fourth-order valence-corrected chi connectivity index (χ4v) is 4.00. The van der Waals surface area contributed by atoms with E-state index in [1.165, 1.54) is 22.5 Å². The number of benzene rings is 1. The quantitative estimate of drug-likeness (QED) is 0.242.